The number of anilines is 1. The van der Waals surface area contributed by atoms with Gasteiger partial charge in [-0.3, -0.25) is 0 Å². The summed E-state index contributed by atoms with van der Waals surface area (Å²) in [6, 6.07) is 18.7. The van der Waals surface area contributed by atoms with E-state index in [0.29, 0.717) is 12.5 Å². The molecule has 0 fully saturated rings. The standard InChI is InChI=1S/C18H18N2O/c1-2-21-18-11-10-16(13-20-18)19-12-15-8-5-7-14-6-3-4-9-17(14)15/h3-11,13,19H,2,12H2,1H3. The van der Waals surface area contributed by atoms with Crippen molar-refractivity contribution in [2.24, 2.45) is 0 Å². The van der Waals surface area contributed by atoms with Crippen LogP contribution in [0.2, 0.25) is 0 Å². The number of aromatic nitrogens is 1. The van der Waals surface area contributed by atoms with Crippen LogP contribution in [0, 0.1) is 0 Å². The monoisotopic (exact) mass is 278 g/mol. The van der Waals surface area contributed by atoms with Crippen molar-refractivity contribution in [1.82, 2.24) is 4.98 Å². The number of rotatable bonds is 5. The predicted molar refractivity (Wildman–Crippen MR) is 86.7 cm³/mol. The lowest BCUT2D eigenvalue weighted by molar-refractivity contribution is 0.327. The molecule has 0 amide bonds. The van der Waals surface area contributed by atoms with E-state index in [1.165, 1.54) is 16.3 Å². The molecule has 3 heteroatoms. The molecule has 3 rings (SSSR count). The van der Waals surface area contributed by atoms with Crippen LogP contribution >= 0.6 is 0 Å². The second-order valence-corrected chi connectivity index (χ2v) is 4.81. The molecule has 1 aromatic heterocycles. The summed E-state index contributed by atoms with van der Waals surface area (Å²) in [5.74, 6) is 0.660. The van der Waals surface area contributed by atoms with Gasteiger partial charge in [0, 0.05) is 12.6 Å². The first-order valence-electron chi connectivity index (χ1n) is 7.16. The highest BCUT2D eigenvalue weighted by molar-refractivity contribution is 5.85. The van der Waals surface area contributed by atoms with Crippen LogP contribution in [-0.4, -0.2) is 11.6 Å². The fourth-order valence-corrected chi connectivity index (χ4v) is 2.36. The highest BCUT2D eigenvalue weighted by atomic mass is 16.5. The van der Waals surface area contributed by atoms with Gasteiger partial charge >= 0.3 is 0 Å². The van der Waals surface area contributed by atoms with Crippen LogP contribution in [0.4, 0.5) is 5.69 Å². The van der Waals surface area contributed by atoms with Crippen molar-refractivity contribution in [3.05, 3.63) is 66.4 Å². The van der Waals surface area contributed by atoms with Gasteiger partial charge in [0.15, 0.2) is 0 Å². The molecule has 0 radical (unpaired) electrons. The van der Waals surface area contributed by atoms with Gasteiger partial charge in [0.1, 0.15) is 0 Å². The number of nitrogens with zero attached hydrogens (tertiary/aromatic N) is 1. The van der Waals surface area contributed by atoms with Crippen LogP contribution in [0.5, 0.6) is 5.88 Å². The fraction of sp³-hybridized carbons (Fsp3) is 0.167. The molecule has 0 aliphatic carbocycles. The van der Waals surface area contributed by atoms with E-state index in [1.54, 1.807) is 6.20 Å². The van der Waals surface area contributed by atoms with Crippen molar-refractivity contribution in [1.29, 1.82) is 0 Å². The lowest BCUT2D eigenvalue weighted by atomic mass is 10.0. The van der Waals surface area contributed by atoms with Gasteiger partial charge in [-0.05, 0) is 29.3 Å². The highest BCUT2D eigenvalue weighted by Gasteiger charge is 2.01. The topological polar surface area (TPSA) is 34.1 Å². The molecule has 0 saturated heterocycles. The molecule has 0 saturated carbocycles. The number of ether oxygens (including phenoxy) is 1. The van der Waals surface area contributed by atoms with E-state index in [9.17, 15) is 0 Å². The molecule has 3 aromatic rings. The Kier molecular flexibility index (Phi) is 4.01. The normalized spacial score (nSPS) is 10.5. The van der Waals surface area contributed by atoms with E-state index in [2.05, 4.69) is 52.8 Å². The average Bonchev–Trinajstić information content (AvgIpc) is 2.54. The van der Waals surface area contributed by atoms with Gasteiger partial charge in [-0.15, -0.1) is 0 Å². The Morgan fingerprint density at radius 2 is 1.86 bits per heavy atom. The van der Waals surface area contributed by atoms with Gasteiger partial charge in [0.2, 0.25) is 5.88 Å². The summed E-state index contributed by atoms with van der Waals surface area (Å²) in [5, 5.41) is 5.95. The van der Waals surface area contributed by atoms with Crippen LogP contribution in [0.3, 0.4) is 0 Å². The lowest BCUT2D eigenvalue weighted by Crippen LogP contribution is -2.01. The Labute approximate surface area is 124 Å². The van der Waals surface area contributed by atoms with Crippen molar-refractivity contribution < 1.29 is 4.74 Å². The van der Waals surface area contributed by atoms with Crippen molar-refractivity contribution in [2.75, 3.05) is 11.9 Å². The molecule has 106 valence electrons. The number of fused-ring (bicyclic) bond motifs is 1. The summed E-state index contributed by atoms with van der Waals surface area (Å²) in [4.78, 5) is 4.26. The average molecular weight is 278 g/mol. The zero-order valence-electron chi connectivity index (χ0n) is 12.0. The zero-order chi connectivity index (χ0) is 14.5. The minimum Gasteiger partial charge on any atom is -0.478 e. The van der Waals surface area contributed by atoms with E-state index in [-0.39, 0.29) is 0 Å². The third-order valence-electron chi connectivity index (χ3n) is 3.39. The summed E-state index contributed by atoms with van der Waals surface area (Å²) in [6.45, 7) is 3.36. The van der Waals surface area contributed by atoms with E-state index < -0.39 is 0 Å². The Morgan fingerprint density at radius 1 is 1.00 bits per heavy atom. The third-order valence-corrected chi connectivity index (χ3v) is 3.39. The zero-order valence-corrected chi connectivity index (χ0v) is 12.0. The predicted octanol–water partition coefficient (Wildman–Crippen LogP) is 4.25. The van der Waals surface area contributed by atoms with Crippen LogP contribution in [0.25, 0.3) is 10.8 Å². The molecule has 0 spiro atoms. The van der Waals surface area contributed by atoms with Gasteiger partial charge in [0.25, 0.3) is 0 Å². The third kappa shape index (κ3) is 3.14. The maximum absolute atomic E-state index is 5.34. The number of benzene rings is 2. The summed E-state index contributed by atoms with van der Waals surface area (Å²) >= 11 is 0. The summed E-state index contributed by atoms with van der Waals surface area (Å²) in [7, 11) is 0. The lowest BCUT2D eigenvalue weighted by Gasteiger charge is -2.10. The molecule has 0 bridgehead atoms. The first-order chi connectivity index (χ1) is 10.4. The molecule has 0 atom stereocenters. The fourth-order valence-electron chi connectivity index (χ4n) is 2.36. The number of nitrogens with one attached hydrogen (secondary N) is 1. The van der Waals surface area contributed by atoms with E-state index in [1.807, 2.05) is 19.1 Å². The molecule has 0 unspecified atom stereocenters. The van der Waals surface area contributed by atoms with Crippen molar-refractivity contribution in [3.63, 3.8) is 0 Å². The van der Waals surface area contributed by atoms with Crippen molar-refractivity contribution in [3.8, 4) is 5.88 Å². The van der Waals surface area contributed by atoms with Crippen LogP contribution in [-0.2, 0) is 6.54 Å². The van der Waals surface area contributed by atoms with E-state index in [4.69, 9.17) is 4.74 Å². The molecule has 1 N–H and O–H groups in total. The Balaban J connectivity index is 1.74. The molecule has 0 aliphatic heterocycles. The Hall–Kier alpha value is -2.55. The quantitative estimate of drug-likeness (QED) is 0.757. The van der Waals surface area contributed by atoms with E-state index in [0.717, 1.165) is 12.2 Å². The number of hydrogen-bond donors (Lipinski definition) is 1. The van der Waals surface area contributed by atoms with Gasteiger partial charge in [0.05, 0.1) is 18.5 Å². The Morgan fingerprint density at radius 3 is 2.67 bits per heavy atom. The number of hydrogen-bond acceptors (Lipinski definition) is 3. The van der Waals surface area contributed by atoms with Gasteiger partial charge in [-0.25, -0.2) is 4.98 Å². The smallest absolute Gasteiger partial charge is 0.213 e. The van der Waals surface area contributed by atoms with Gasteiger partial charge in [-0.1, -0.05) is 42.5 Å². The van der Waals surface area contributed by atoms with Crippen molar-refractivity contribution in [2.45, 2.75) is 13.5 Å². The first-order valence-corrected chi connectivity index (χ1v) is 7.16. The second kappa shape index (κ2) is 6.27. The van der Waals surface area contributed by atoms with Gasteiger partial charge < -0.3 is 10.1 Å². The maximum Gasteiger partial charge on any atom is 0.213 e. The van der Waals surface area contributed by atoms with Gasteiger partial charge in [-0.2, -0.15) is 0 Å². The minimum atomic E-state index is 0.635. The summed E-state index contributed by atoms with van der Waals surface area (Å²) in [6.07, 6.45) is 1.80. The maximum atomic E-state index is 5.34. The van der Waals surface area contributed by atoms with Crippen LogP contribution < -0.4 is 10.1 Å². The second-order valence-electron chi connectivity index (χ2n) is 4.81. The SMILES string of the molecule is CCOc1ccc(NCc2cccc3ccccc23)cn1. The molecular weight excluding hydrogens is 260 g/mol. The van der Waals surface area contributed by atoms with Crippen molar-refractivity contribution >= 4 is 16.5 Å². The minimum absolute atomic E-state index is 0.635. The van der Waals surface area contributed by atoms with Crippen LogP contribution in [0.1, 0.15) is 12.5 Å². The molecule has 2 aromatic carbocycles. The summed E-state index contributed by atoms with van der Waals surface area (Å²) < 4.78 is 5.34. The molecule has 3 nitrogen and oxygen atoms in total. The molecule has 1 heterocycles. The largest absolute Gasteiger partial charge is 0.478 e. The molecular formula is C18H18N2O. The first kappa shape index (κ1) is 13.4. The Bertz CT molecular complexity index is 717. The van der Waals surface area contributed by atoms with Crippen LogP contribution in [0.15, 0.2) is 60.8 Å². The molecule has 0 aliphatic rings. The number of pyridine rings is 1. The molecule has 21 heavy (non-hydrogen) atoms. The highest BCUT2D eigenvalue weighted by Crippen LogP contribution is 2.20. The summed E-state index contributed by atoms with van der Waals surface area (Å²) in [5.41, 5.74) is 2.27. The van der Waals surface area contributed by atoms with E-state index >= 15 is 0 Å².